The molecule has 0 spiro atoms. The van der Waals surface area contributed by atoms with Gasteiger partial charge in [-0.1, -0.05) is 6.92 Å². The van der Waals surface area contributed by atoms with Crippen LogP contribution in [0.4, 0.5) is 0 Å². The number of rotatable bonds is 5. The van der Waals surface area contributed by atoms with E-state index < -0.39 is 0 Å². The van der Waals surface area contributed by atoms with Crippen molar-refractivity contribution in [2.24, 2.45) is 5.92 Å². The summed E-state index contributed by atoms with van der Waals surface area (Å²) in [6.07, 6.45) is 1.14. The first kappa shape index (κ1) is 12.0. The molecular weight excluding hydrogens is 178 g/mol. The van der Waals surface area contributed by atoms with Gasteiger partial charge in [-0.25, -0.2) is 0 Å². The van der Waals surface area contributed by atoms with Crippen molar-refractivity contribution in [3.05, 3.63) is 0 Å². The second-order valence-corrected chi connectivity index (χ2v) is 4.47. The molecular formula is C11H23NO2. The van der Waals surface area contributed by atoms with Crippen LogP contribution in [0.25, 0.3) is 0 Å². The van der Waals surface area contributed by atoms with Crippen LogP contribution in [0, 0.1) is 5.92 Å². The highest BCUT2D eigenvalue weighted by Gasteiger charge is 2.36. The Labute approximate surface area is 87.2 Å². The van der Waals surface area contributed by atoms with Crippen LogP contribution in [-0.4, -0.2) is 38.5 Å². The zero-order valence-electron chi connectivity index (χ0n) is 9.80. The molecule has 1 rings (SSSR count). The number of methoxy groups -OCH3 is 1. The minimum absolute atomic E-state index is 0.117. The largest absolute Gasteiger partial charge is 0.381 e. The minimum atomic E-state index is -0.117. The fourth-order valence-electron chi connectivity index (χ4n) is 2.14. The molecule has 14 heavy (non-hydrogen) atoms. The summed E-state index contributed by atoms with van der Waals surface area (Å²) in [6.45, 7) is 9.15. The molecule has 3 nitrogen and oxygen atoms in total. The van der Waals surface area contributed by atoms with Gasteiger partial charge >= 0.3 is 0 Å². The summed E-state index contributed by atoms with van der Waals surface area (Å²) in [5.41, 5.74) is -0.117. The minimum Gasteiger partial charge on any atom is -0.381 e. The molecule has 0 bridgehead atoms. The molecule has 0 aromatic rings. The Bertz CT molecular complexity index is 165. The van der Waals surface area contributed by atoms with Crippen molar-refractivity contribution in [3.63, 3.8) is 0 Å². The van der Waals surface area contributed by atoms with E-state index in [0.717, 1.165) is 26.2 Å². The van der Waals surface area contributed by atoms with Gasteiger partial charge in [0.25, 0.3) is 0 Å². The molecule has 1 saturated heterocycles. The number of hydrogen-bond donors (Lipinski definition) is 1. The summed E-state index contributed by atoms with van der Waals surface area (Å²) in [4.78, 5) is 0. The summed E-state index contributed by atoms with van der Waals surface area (Å²) >= 11 is 0. The lowest BCUT2D eigenvalue weighted by atomic mass is 9.86. The summed E-state index contributed by atoms with van der Waals surface area (Å²) in [7, 11) is 1.78. The van der Waals surface area contributed by atoms with Gasteiger partial charge in [0.15, 0.2) is 0 Å². The Morgan fingerprint density at radius 1 is 1.57 bits per heavy atom. The van der Waals surface area contributed by atoms with Crippen LogP contribution in [-0.2, 0) is 9.47 Å². The van der Waals surface area contributed by atoms with Crippen molar-refractivity contribution >= 4 is 0 Å². The molecule has 3 heteroatoms. The van der Waals surface area contributed by atoms with E-state index in [1.165, 1.54) is 0 Å². The maximum absolute atomic E-state index is 5.55. The van der Waals surface area contributed by atoms with Crippen molar-refractivity contribution in [1.82, 2.24) is 5.32 Å². The molecule has 0 radical (unpaired) electrons. The van der Waals surface area contributed by atoms with Crippen molar-refractivity contribution in [1.29, 1.82) is 0 Å². The lowest BCUT2D eigenvalue weighted by Crippen LogP contribution is -2.52. The van der Waals surface area contributed by atoms with E-state index >= 15 is 0 Å². The molecule has 84 valence electrons. The van der Waals surface area contributed by atoms with Crippen LogP contribution in [0.1, 0.15) is 27.2 Å². The molecule has 0 aromatic carbocycles. The normalized spacial score (nSPS) is 25.3. The Kier molecular flexibility index (Phi) is 4.35. The standard InChI is InChI=1S/C11H23NO2/c1-5-12-10(11(2,3)13-4)9-6-7-14-8-9/h9-10,12H,5-8H2,1-4H3. The average Bonchev–Trinajstić information content (AvgIpc) is 2.66. The number of nitrogens with one attached hydrogen (secondary N) is 1. The lowest BCUT2D eigenvalue weighted by Gasteiger charge is -2.37. The van der Waals surface area contributed by atoms with Crippen LogP contribution < -0.4 is 5.32 Å². The highest BCUT2D eigenvalue weighted by atomic mass is 16.5. The van der Waals surface area contributed by atoms with Crippen molar-refractivity contribution in [2.75, 3.05) is 26.9 Å². The molecule has 2 atom stereocenters. The number of likely N-dealkylation sites (N-methyl/N-ethyl adjacent to an activating group) is 1. The Morgan fingerprint density at radius 2 is 2.29 bits per heavy atom. The van der Waals surface area contributed by atoms with Crippen LogP contribution in [0.5, 0.6) is 0 Å². The van der Waals surface area contributed by atoms with Gasteiger partial charge in [-0.2, -0.15) is 0 Å². The van der Waals surface area contributed by atoms with E-state index in [2.05, 4.69) is 26.1 Å². The van der Waals surface area contributed by atoms with Gasteiger partial charge in [-0.05, 0) is 26.8 Å². The Hall–Kier alpha value is -0.120. The van der Waals surface area contributed by atoms with E-state index in [0.29, 0.717) is 12.0 Å². The maximum atomic E-state index is 5.55. The van der Waals surface area contributed by atoms with Crippen molar-refractivity contribution in [2.45, 2.75) is 38.8 Å². The molecule has 0 saturated carbocycles. The smallest absolute Gasteiger partial charge is 0.0778 e. The van der Waals surface area contributed by atoms with E-state index in [4.69, 9.17) is 9.47 Å². The van der Waals surface area contributed by atoms with E-state index in [-0.39, 0.29) is 5.60 Å². The topological polar surface area (TPSA) is 30.5 Å². The summed E-state index contributed by atoms with van der Waals surface area (Å²) in [5, 5.41) is 3.51. The lowest BCUT2D eigenvalue weighted by molar-refractivity contribution is -0.0284. The van der Waals surface area contributed by atoms with Crippen LogP contribution >= 0.6 is 0 Å². The Morgan fingerprint density at radius 3 is 2.71 bits per heavy atom. The number of ether oxygens (including phenoxy) is 2. The quantitative estimate of drug-likeness (QED) is 0.730. The third-order valence-electron chi connectivity index (χ3n) is 3.14. The van der Waals surface area contributed by atoms with E-state index in [1.54, 1.807) is 7.11 Å². The first-order valence-corrected chi connectivity index (χ1v) is 5.48. The second kappa shape index (κ2) is 5.10. The zero-order chi connectivity index (χ0) is 10.6. The molecule has 1 aliphatic rings. The van der Waals surface area contributed by atoms with Gasteiger partial charge in [0.2, 0.25) is 0 Å². The predicted octanol–water partition coefficient (Wildman–Crippen LogP) is 1.43. The van der Waals surface area contributed by atoms with Crippen LogP contribution in [0.2, 0.25) is 0 Å². The molecule has 0 aliphatic carbocycles. The first-order valence-electron chi connectivity index (χ1n) is 5.48. The van der Waals surface area contributed by atoms with Crippen molar-refractivity contribution in [3.8, 4) is 0 Å². The Balaban J connectivity index is 2.61. The third kappa shape index (κ3) is 2.69. The summed E-state index contributed by atoms with van der Waals surface area (Å²) in [5.74, 6) is 0.588. The third-order valence-corrected chi connectivity index (χ3v) is 3.14. The van der Waals surface area contributed by atoms with Gasteiger partial charge in [-0.15, -0.1) is 0 Å². The van der Waals surface area contributed by atoms with Crippen LogP contribution in [0.15, 0.2) is 0 Å². The SMILES string of the molecule is CCNC(C1CCOC1)C(C)(C)OC. The zero-order valence-corrected chi connectivity index (χ0v) is 9.80. The van der Waals surface area contributed by atoms with Gasteiger partial charge in [0, 0.05) is 25.7 Å². The molecule has 1 fully saturated rings. The summed E-state index contributed by atoms with van der Waals surface area (Å²) < 4.78 is 11.0. The van der Waals surface area contributed by atoms with Crippen molar-refractivity contribution < 1.29 is 9.47 Å². The molecule has 1 aliphatic heterocycles. The monoisotopic (exact) mass is 201 g/mol. The fourth-order valence-corrected chi connectivity index (χ4v) is 2.14. The number of hydrogen-bond acceptors (Lipinski definition) is 3. The fraction of sp³-hybridized carbons (Fsp3) is 1.00. The molecule has 2 unspecified atom stereocenters. The highest BCUT2D eigenvalue weighted by molar-refractivity contribution is 4.91. The molecule has 1 N–H and O–H groups in total. The van der Waals surface area contributed by atoms with Gasteiger partial charge in [-0.3, -0.25) is 0 Å². The van der Waals surface area contributed by atoms with Crippen LogP contribution in [0.3, 0.4) is 0 Å². The molecule has 1 heterocycles. The predicted molar refractivity (Wildman–Crippen MR) is 57.5 cm³/mol. The molecule has 0 aromatic heterocycles. The van der Waals surface area contributed by atoms with Gasteiger partial charge in [0.1, 0.15) is 0 Å². The molecule has 0 amide bonds. The average molecular weight is 201 g/mol. The summed E-state index contributed by atoms with van der Waals surface area (Å²) in [6, 6.07) is 0.389. The second-order valence-electron chi connectivity index (χ2n) is 4.47. The maximum Gasteiger partial charge on any atom is 0.0778 e. The first-order chi connectivity index (χ1) is 6.61. The van der Waals surface area contributed by atoms with E-state index in [1.807, 2.05) is 0 Å². The highest BCUT2D eigenvalue weighted by Crippen LogP contribution is 2.26. The van der Waals surface area contributed by atoms with Gasteiger partial charge in [0.05, 0.1) is 12.2 Å². The van der Waals surface area contributed by atoms with E-state index in [9.17, 15) is 0 Å². The van der Waals surface area contributed by atoms with Gasteiger partial charge < -0.3 is 14.8 Å².